The number of ether oxygens (including phenoxy) is 1. The second kappa shape index (κ2) is 7.15. The molecule has 0 saturated heterocycles. The molecule has 0 aliphatic heterocycles. The number of carbonyl (C=O) groups is 1. The Labute approximate surface area is 116 Å². The van der Waals surface area contributed by atoms with Crippen LogP contribution in [0.3, 0.4) is 0 Å². The third-order valence-corrected chi connectivity index (χ3v) is 2.04. The lowest BCUT2D eigenvalue weighted by atomic mass is 10.1. The molecule has 99 valence electrons. The van der Waals surface area contributed by atoms with Gasteiger partial charge in [-0.05, 0) is 26.7 Å². The number of amides is 1. The molecular weight excluding hydrogens is 337 g/mol. The van der Waals surface area contributed by atoms with Gasteiger partial charge in [0.1, 0.15) is 16.3 Å². The highest BCUT2D eigenvalue weighted by Gasteiger charge is 2.31. The van der Waals surface area contributed by atoms with Gasteiger partial charge >= 0.3 is 6.09 Å². The van der Waals surface area contributed by atoms with Crippen LogP contribution in [0.1, 0.15) is 34.6 Å². The van der Waals surface area contributed by atoms with Crippen LogP contribution in [0.5, 0.6) is 0 Å². The van der Waals surface area contributed by atoms with E-state index in [0.717, 1.165) is 5.06 Å². The van der Waals surface area contributed by atoms with Gasteiger partial charge in [-0.1, -0.05) is 36.4 Å². The van der Waals surface area contributed by atoms with E-state index in [9.17, 15) is 9.59 Å². The monoisotopic (exact) mass is 356 g/mol. The van der Waals surface area contributed by atoms with Gasteiger partial charge in [-0.15, -0.1) is 0 Å². The Morgan fingerprint density at radius 1 is 1.41 bits per heavy atom. The second-order valence-electron chi connectivity index (χ2n) is 4.85. The summed E-state index contributed by atoms with van der Waals surface area (Å²) >= 11 is 1.94. The first-order chi connectivity index (χ1) is 7.72. The van der Waals surface area contributed by atoms with Crippen molar-refractivity contribution in [1.82, 2.24) is 5.06 Å². The van der Waals surface area contributed by atoms with Gasteiger partial charge in [0, 0.05) is 0 Å². The van der Waals surface area contributed by atoms with Crippen molar-refractivity contribution < 1.29 is 19.2 Å². The first kappa shape index (κ1) is 16.6. The van der Waals surface area contributed by atoms with Gasteiger partial charge in [0.25, 0.3) is 0 Å². The van der Waals surface area contributed by atoms with Crippen LogP contribution in [0.25, 0.3) is 0 Å². The molecule has 0 aromatic rings. The van der Waals surface area contributed by atoms with Gasteiger partial charge in [0.05, 0.1) is 0 Å². The lowest BCUT2D eigenvalue weighted by molar-refractivity contribution is -0.145. The Balaban J connectivity index is 4.82. The van der Waals surface area contributed by atoms with Gasteiger partial charge < -0.3 is 4.74 Å². The number of halogens is 1. The number of hydroxylamine groups is 2. The van der Waals surface area contributed by atoms with Crippen molar-refractivity contribution in [3.8, 4) is 0 Å². The second-order valence-corrected chi connectivity index (χ2v) is 5.47. The van der Waals surface area contributed by atoms with Gasteiger partial charge in [-0.2, -0.15) is 5.06 Å². The lowest BCUT2D eigenvalue weighted by Gasteiger charge is -2.30. The van der Waals surface area contributed by atoms with Crippen molar-refractivity contribution in [2.75, 3.05) is 4.61 Å². The lowest BCUT2D eigenvalue weighted by Crippen LogP contribution is -2.46. The molecule has 0 bridgehead atoms. The minimum absolute atomic E-state index is 0.0945. The van der Waals surface area contributed by atoms with Crippen LogP contribution in [-0.2, 0) is 14.4 Å². The van der Waals surface area contributed by atoms with Gasteiger partial charge in [-0.25, -0.2) is 4.79 Å². The van der Waals surface area contributed by atoms with E-state index >= 15 is 0 Å². The average Bonchev–Trinajstić information content (AvgIpc) is 2.14. The van der Waals surface area contributed by atoms with Crippen molar-refractivity contribution in [1.29, 1.82) is 0 Å². The molecule has 0 unspecified atom stereocenters. The number of carbonyl (C=O) groups excluding carboxylic acids is 2. The summed E-state index contributed by atoms with van der Waals surface area (Å²) in [5, 5.41) is 0.954. The minimum Gasteiger partial charge on any atom is -0.442 e. The maximum absolute atomic E-state index is 11.9. The molecule has 0 aliphatic carbocycles. The SMILES string of the molecule is CC(C)[C@@H]([C]=O)N(OCI)C(=O)OC(C)(C)C. The largest absolute Gasteiger partial charge is 0.442 e. The summed E-state index contributed by atoms with van der Waals surface area (Å²) in [4.78, 5) is 27.9. The molecule has 0 aromatic heterocycles. The summed E-state index contributed by atoms with van der Waals surface area (Å²) < 4.78 is 5.42. The molecule has 0 aliphatic rings. The highest BCUT2D eigenvalue weighted by Crippen LogP contribution is 2.16. The number of hydrogen-bond acceptors (Lipinski definition) is 4. The quantitative estimate of drug-likeness (QED) is 0.432. The van der Waals surface area contributed by atoms with Gasteiger partial charge in [0.15, 0.2) is 0 Å². The molecular formula is C11H19INO4. The van der Waals surface area contributed by atoms with Crippen LogP contribution in [-0.4, -0.2) is 33.7 Å². The first-order valence-corrected chi connectivity index (χ1v) is 6.84. The molecule has 1 amide bonds. The molecule has 0 aromatic carbocycles. The van der Waals surface area contributed by atoms with Crippen LogP contribution in [0.2, 0.25) is 0 Å². The van der Waals surface area contributed by atoms with E-state index in [1.807, 2.05) is 36.4 Å². The maximum atomic E-state index is 11.9. The van der Waals surface area contributed by atoms with E-state index in [1.54, 1.807) is 27.1 Å². The smallest absolute Gasteiger partial charge is 0.435 e. The Hall–Kier alpha value is -0.370. The van der Waals surface area contributed by atoms with Crippen LogP contribution in [0.15, 0.2) is 0 Å². The van der Waals surface area contributed by atoms with Gasteiger partial charge in [-0.3, -0.25) is 9.63 Å². The topological polar surface area (TPSA) is 55.8 Å². The van der Waals surface area contributed by atoms with Crippen molar-refractivity contribution in [2.24, 2.45) is 5.92 Å². The summed E-state index contributed by atoms with van der Waals surface area (Å²) in [6.45, 7) is 8.87. The highest BCUT2D eigenvalue weighted by atomic mass is 127. The molecule has 0 heterocycles. The Morgan fingerprint density at radius 3 is 2.24 bits per heavy atom. The third kappa shape index (κ3) is 6.21. The molecule has 0 saturated carbocycles. The molecule has 6 heteroatoms. The zero-order chi connectivity index (χ0) is 13.6. The summed E-state index contributed by atoms with van der Waals surface area (Å²) in [7, 11) is 0. The fraction of sp³-hybridized carbons (Fsp3) is 0.818. The predicted octanol–water partition coefficient (Wildman–Crippen LogP) is 2.68. The molecule has 0 fully saturated rings. The zero-order valence-corrected chi connectivity index (χ0v) is 13.0. The third-order valence-electron chi connectivity index (χ3n) is 1.77. The molecule has 0 N–H and O–H groups in total. The first-order valence-electron chi connectivity index (χ1n) is 5.31. The van der Waals surface area contributed by atoms with E-state index in [4.69, 9.17) is 9.57 Å². The number of hydrogen-bond donors (Lipinski definition) is 0. The summed E-state index contributed by atoms with van der Waals surface area (Å²) in [6.07, 6.45) is 1.13. The standard InChI is InChI=1S/C11H19INO4/c1-8(2)9(6-14)13(16-7-12)10(15)17-11(3,4)5/h8-9H,7H2,1-5H3/t9-/m1/s1. The minimum atomic E-state index is -0.764. The fourth-order valence-electron chi connectivity index (χ4n) is 1.06. The number of rotatable bonds is 5. The predicted molar refractivity (Wildman–Crippen MR) is 72.4 cm³/mol. The molecule has 0 rings (SSSR count). The van der Waals surface area contributed by atoms with E-state index in [0.29, 0.717) is 0 Å². The van der Waals surface area contributed by atoms with Crippen molar-refractivity contribution >= 4 is 35.0 Å². The maximum Gasteiger partial charge on any atom is 0.435 e. The molecule has 5 nitrogen and oxygen atoms in total. The summed E-state index contributed by atoms with van der Waals surface area (Å²) in [6, 6.07) is -0.764. The Bertz CT molecular complexity index is 263. The summed E-state index contributed by atoms with van der Waals surface area (Å²) in [5.74, 6) is -0.0945. The number of alkyl halides is 1. The van der Waals surface area contributed by atoms with Crippen LogP contribution >= 0.6 is 22.6 Å². The molecule has 17 heavy (non-hydrogen) atoms. The highest BCUT2D eigenvalue weighted by molar-refractivity contribution is 14.1. The molecule has 1 atom stereocenters. The van der Waals surface area contributed by atoms with Crippen molar-refractivity contribution in [3.63, 3.8) is 0 Å². The Kier molecular flexibility index (Phi) is 6.99. The van der Waals surface area contributed by atoms with E-state index in [1.165, 1.54) is 0 Å². The zero-order valence-electron chi connectivity index (χ0n) is 10.8. The Morgan fingerprint density at radius 2 is 1.94 bits per heavy atom. The van der Waals surface area contributed by atoms with Crippen LogP contribution in [0.4, 0.5) is 4.79 Å². The fourth-order valence-corrected chi connectivity index (χ4v) is 1.36. The normalized spacial score (nSPS) is 13.4. The van der Waals surface area contributed by atoms with E-state index in [2.05, 4.69) is 0 Å². The molecule has 1 radical (unpaired) electrons. The van der Waals surface area contributed by atoms with E-state index in [-0.39, 0.29) is 10.5 Å². The van der Waals surface area contributed by atoms with Crippen molar-refractivity contribution in [2.45, 2.75) is 46.3 Å². The average molecular weight is 356 g/mol. The molecule has 0 spiro atoms. The van der Waals surface area contributed by atoms with Crippen LogP contribution < -0.4 is 0 Å². The number of nitrogens with zero attached hydrogens (tertiary/aromatic N) is 1. The van der Waals surface area contributed by atoms with Gasteiger partial charge in [0.2, 0.25) is 6.29 Å². The van der Waals surface area contributed by atoms with Crippen LogP contribution in [0, 0.1) is 5.92 Å². The van der Waals surface area contributed by atoms with E-state index < -0.39 is 17.7 Å². The van der Waals surface area contributed by atoms with Crippen molar-refractivity contribution in [3.05, 3.63) is 0 Å². The summed E-state index contributed by atoms with van der Waals surface area (Å²) in [5.41, 5.74) is -0.631.